The lowest BCUT2D eigenvalue weighted by molar-refractivity contribution is -0.190. The molecule has 0 amide bonds. The molecule has 0 radical (unpaired) electrons. The Morgan fingerprint density at radius 2 is 2.06 bits per heavy atom. The molecule has 0 unspecified atom stereocenters. The average molecular weight is 432 g/mol. The minimum absolute atomic E-state index is 0.0501. The Morgan fingerprint density at radius 3 is 2.88 bits per heavy atom. The van der Waals surface area contributed by atoms with Crippen molar-refractivity contribution in [3.05, 3.63) is 51.9 Å². The van der Waals surface area contributed by atoms with E-state index in [1.54, 1.807) is 11.3 Å². The number of nitrogens with zero attached hydrogens (tertiary/aromatic N) is 4. The highest BCUT2D eigenvalue weighted by molar-refractivity contribution is 5.91. The summed E-state index contributed by atoms with van der Waals surface area (Å²) in [7, 11) is 0. The molecule has 2 N–H and O–H groups in total. The van der Waals surface area contributed by atoms with Gasteiger partial charge in [0.2, 0.25) is 0 Å². The predicted octanol–water partition coefficient (Wildman–Crippen LogP) is 3.52. The highest BCUT2D eigenvalue weighted by atomic mass is 16.7. The number of carbonyl (C=O) groups is 1. The second kappa shape index (κ2) is 8.13. The van der Waals surface area contributed by atoms with Gasteiger partial charge in [0.1, 0.15) is 5.39 Å². The summed E-state index contributed by atoms with van der Waals surface area (Å²) in [6.07, 6.45) is 5.42. The molecule has 0 spiro atoms. The molecule has 1 fully saturated rings. The van der Waals surface area contributed by atoms with Gasteiger partial charge in [-0.25, -0.2) is 0 Å². The Kier molecular flexibility index (Phi) is 5.15. The number of H-pyrrole nitrogens is 1. The maximum atomic E-state index is 12.7. The molecule has 9 nitrogen and oxygen atoms in total. The summed E-state index contributed by atoms with van der Waals surface area (Å²) in [6.45, 7) is 2.44. The van der Waals surface area contributed by atoms with Gasteiger partial charge in [-0.2, -0.15) is 10.4 Å². The summed E-state index contributed by atoms with van der Waals surface area (Å²) in [5.41, 5.74) is 3.44. The number of rotatable bonds is 4. The van der Waals surface area contributed by atoms with Crippen molar-refractivity contribution in [3.63, 3.8) is 0 Å². The van der Waals surface area contributed by atoms with E-state index in [0.717, 1.165) is 48.0 Å². The van der Waals surface area contributed by atoms with E-state index in [9.17, 15) is 14.9 Å². The lowest BCUT2D eigenvalue weighted by Crippen LogP contribution is -2.23. The second-order valence-corrected chi connectivity index (χ2v) is 8.44. The van der Waals surface area contributed by atoms with Crippen LogP contribution in [-0.2, 0) is 22.7 Å². The van der Waals surface area contributed by atoms with E-state index in [1.807, 2.05) is 28.9 Å². The van der Waals surface area contributed by atoms with Gasteiger partial charge in [0.25, 0.3) is 5.56 Å². The second-order valence-electron chi connectivity index (χ2n) is 8.44. The number of aromatic nitrogens is 3. The van der Waals surface area contributed by atoms with E-state index in [0.29, 0.717) is 24.3 Å². The van der Waals surface area contributed by atoms with Crippen molar-refractivity contribution in [1.29, 1.82) is 5.26 Å². The molecular formula is C23H24N6O3. The lowest BCUT2D eigenvalue weighted by Gasteiger charge is -2.27. The Morgan fingerprint density at radius 1 is 1.25 bits per heavy atom. The molecular weight excluding hydrogens is 408 g/mol. The summed E-state index contributed by atoms with van der Waals surface area (Å²) < 4.78 is 1.86. The van der Waals surface area contributed by atoms with E-state index in [1.165, 1.54) is 6.92 Å². The smallest absolute Gasteiger partial charge is 0.322 e. The molecule has 32 heavy (non-hydrogen) atoms. The van der Waals surface area contributed by atoms with Gasteiger partial charge >= 0.3 is 5.97 Å². The molecule has 2 aromatic heterocycles. The first-order chi connectivity index (χ1) is 15.5. The number of benzene rings is 1. The van der Waals surface area contributed by atoms with Gasteiger partial charge in [-0.05, 0) is 42.2 Å². The molecule has 3 heterocycles. The quantitative estimate of drug-likeness (QED) is 0.648. The lowest BCUT2D eigenvalue weighted by atomic mass is 9.85. The summed E-state index contributed by atoms with van der Waals surface area (Å²) in [5.74, 6) is 0.0101. The van der Waals surface area contributed by atoms with Gasteiger partial charge in [0.15, 0.2) is 5.82 Å². The molecule has 2 aliphatic rings. The number of pyridine rings is 1. The van der Waals surface area contributed by atoms with Crippen molar-refractivity contribution < 1.29 is 9.63 Å². The van der Waals surface area contributed by atoms with Crippen LogP contribution in [0.25, 0.3) is 10.9 Å². The maximum absolute atomic E-state index is 12.7. The fourth-order valence-corrected chi connectivity index (χ4v) is 4.82. The number of hydroxylamine groups is 2. The van der Waals surface area contributed by atoms with Crippen LogP contribution in [0, 0.1) is 17.2 Å². The van der Waals surface area contributed by atoms with Crippen molar-refractivity contribution in [2.45, 2.75) is 51.7 Å². The molecule has 5 rings (SSSR count). The number of hydrogen-bond acceptors (Lipinski definition) is 7. The first-order valence-electron chi connectivity index (χ1n) is 10.9. The number of anilines is 2. The van der Waals surface area contributed by atoms with E-state index < -0.39 is 0 Å². The third-order valence-corrected chi connectivity index (χ3v) is 6.26. The Hall–Kier alpha value is -3.64. The number of hydrogen-bond donors (Lipinski definition) is 2. The Bertz CT molecular complexity index is 1290. The van der Waals surface area contributed by atoms with Crippen molar-refractivity contribution in [2.75, 3.05) is 5.32 Å². The van der Waals surface area contributed by atoms with E-state index in [2.05, 4.69) is 16.4 Å². The van der Waals surface area contributed by atoms with Crippen LogP contribution in [0.15, 0.2) is 35.3 Å². The highest BCUT2D eigenvalue weighted by Crippen LogP contribution is 2.37. The molecule has 1 aliphatic heterocycles. The standard InChI is InChI=1S/C23H24N6O3/c1-14(30)32-28-12-16-6-7-18(10-17(16)13-28)26-22-21-20(8-9-25-23(21)31)29(27-22)19-5-3-2-4-15(19)11-24/h6-10,15,19H,2-5,12-13H2,1H3,(H,25,31)(H,26,27)/t15-,19+/m1/s1. The van der Waals surface area contributed by atoms with E-state index in [4.69, 9.17) is 9.94 Å². The number of nitriles is 1. The van der Waals surface area contributed by atoms with Gasteiger partial charge in [-0.3, -0.25) is 14.3 Å². The summed E-state index contributed by atoms with van der Waals surface area (Å²) in [4.78, 5) is 31.9. The highest BCUT2D eigenvalue weighted by Gasteiger charge is 2.30. The zero-order valence-corrected chi connectivity index (χ0v) is 17.8. The topological polar surface area (TPSA) is 116 Å². The van der Waals surface area contributed by atoms with Crippen molar-refractivity contribution in [2.24, 2.45) is 5.92 Å². The third-order valence-electron chi connectivity index (χ3n) is 6.26. The first kappa shape index (κ1) is 20.3. The van der Waals surface area contributed by atoms with Crippen LogP contribution in [0.2, 0.25) is 0 Å². The zero-order chi connectivity index (χ0) is 22.2. The number of nitrogens with one attached hydrogen (secondary N) is 2. The van der Waals surface area contributed by atoms with Crippen molar-refractivity contribution >= 4 is 28.4 Å². The van der Waals surface area contributed by atoms with Crippen molar-refractivity contribution in [3.8, 4) is 6.07 Å². The molecule has 1 aromatic carbocycles. The molecule has 1 saturated carbocycles. The largest absolute Gasteiger partial charge is 0.368 e. The molecule has 164 valence electrons. The van der Waals surface area contributed by atoms with Gasteiger partial charge in [-0.15, -0.1) is 5.06 Å². The van der Waals surface area contributed by atoms with Crippen molar-refractivity contribution in [1.82, 2.24) is 19.8 Å². The zero-order valence-electron chi connectivity index (χ0n) is 17.8. The minimum atomic E-state index is -0.342. The van der Waals surface area contributed by atoms with Crippen LogP contribution < -0.4 is 10.9 Å². The van der Waals surface area contributed by atoms with Crippen LogP contribution in [0.3, 0.4) is 0 Å². The maximum Gasteiger partial charge on any atom is 0.322 e. The molecule has 2 atom stereocenters. The first-order valence-corrected chi connectivity index (χ1v) is 10.9. The fraction of sp³-hybridized carbons (Fsp3) is 0.391. The van der Waals surface area contributed by atoms with Gasteiger partial charge in [0, 0.05) is 18.8 Å². The van der Waals surface area contributed by atoms with Crippen LogP contribution in [0.1, 0.15) is 49.8 Å². The van der Waals surface area contributed by atoms with E-state index >= 15 is 0 Å². The summed E-state index contributed by atoms with van der Waals surface area (Å²) in [6, 6.07) is 10.1. The number of aromatic amines is 1. The van der Waals surface area contributed by atoms with Gasteiger partial charge in [0.05, 0.1) is 36.6 Å². The molecule has 9 heteroatoms. The van der Waals surface area contributed by atoms with Gasteiger partial charge in [-0.1, -0.05) is 18.9 Å². The fourth-order valence-electron chi connectivity index (χ4n) is 4.82. The number of carbonyl (C=O) groups excluding carboxylic acids is 1. The predicted molar refractivity (Wildman–Crippen MR) is 118 cm³/mol. The molecule has 0 bridgehead atoms. The van der Waals surface area contributed by atoms with Crippen LogP contribution >= 0.6 is 0 Å². The van der Waals surface area contributed by atoms with Gasteiger partial charge < -0.3 is 15.1 Å². The average Bonchev–Trinajstić information content (AvgIpc) is 3.34. The number of fused-ring (bicyclic) bond motifs is 2. The van der Waals surface area contributed by atoms with Crippen LogP contribution in [0.5, 0.6) is 0 Å². The molecule has 3 aromatic rings. The molecule has 1 aliphatic carbocycles. The summed E-state index contributed by atoms with van der Waals surface area (Å²) >= 11 is 0. The Balaban J connectivity index is 1.49. The monoisotopic (exact) mass is 432 g/mol. The summed E-state index contributed by atoms with van der Waals surface area (Å²) in [5, 5.41) is 19.8. The SMILES string of the molecule is CC(=O)ON1Cc2ccc(Nc3nn([C@H]4CCCC[C@@H]4C#N)c4cc[nH]c(=O)c34)cc2C1. The molecule has 0 saturated heterocycles. The Labute approximate surface area is 184 Å². The van der Waals surface area contributed by atoms with E-state index in [-0.39, 0.29) is 23.5 Å². The van der Waals surface area contributed by atoms with Crippen LogP contribution in [0.4, 0.5) is 11.5 Å². The van der Waals surface area contributed by atoms with Crippen LogP contribution in [-0.4, -0.2) is 25.8 Å². The normalized spacial score (nSPS) is 20.6. The minimum Gasteiger partial charge on any atom is -0.368 e. The third kappa shape index (κ3) is 3.63.